The zero-order valence-corrected chi connectivity index (χ0v) is 16.1. The predicted octanol–water partition coefficient (Wildman–Crippen LogP) is 2.26. The number of carbonyl (C=O) groups is 2. The van der Waals surface area contributed by atoms with Gasteiger partial charge in [0.1, 0.15) is 6.17 Å². The average molecular weight is 368 g/mol. The first-order valence-electron chi connectivity index (χ1n) is 9.28. The third-order valence-corrected chi connectivity index (χ3v) is 5.45. The largest absolute Gasteiger partial charge is 0.327 e. The van der Waals surface area contributed by atoms with E-state index in [2.05, 4.69) is 17.1 Å². The van der Waals surface area contributed by atoms with Crippen LogP contribution >= 0.6 is 0 Å². The maximum atomic E-state index is 13.0. The Morgan fingerprint density at radius 2 is 1.78 bits per heavy atom. The molecule has 0 bridgehead atoms. The topological polar surface area (TPSA) is 74.6 Å². The minimum atomic E-state index is -0.473. The fraction of sp³-hybridized carbons (Fsp3) is 0.474. The lowest BCUT2D eigenvalue weighted by Crippen LogP contribution is -2.61. The van der Waals surface area contributed by atoms with Gasteiger partial charge >= 0.3 is 6.03 Å². The number of hydrogen-bond acceptors (Lipinski definition) is 5. The van der Waals surface area contributed by atoms with Gasteiger partial charge in [-0.2, -0.15) is 0 Å². The Morgan fingerprint density at radius 3 is 2.44 bits per heavy atom. The third kappa shape index (κ3) is 2.50. The molecule has 3 heterocycles. The molecule has 1 aromatic carbocycles. The summed E-state index contributed by atoms with van der Waals surface area (Å²) in [4.78, 5) is 30.4. The number of fused-ring (bicyclic) bond motifs is 3. The van der Waals surface area contributed by atoms with Gasteiger partial charge in [0.25, 0.3) is 5.91 Å². The molecular weight excluding hydrogens is 344 g/mol. The number of carbonyl (C=O) groups excluding carboxylic acids is 2. The van der Waals surface area contributed by atoms with Gasteiger partial charge in [-0.15, -0.1) is 10.2 Å². The van der Waals surface area contributed by atoms with E-state index >= 15 is 0 Å². The minimum Gasteiger partial charge on any atom is -0.325 e. The van der Waals surface area contributed by atoms with Crippen LogP contribution in [0.2, 0.25) is 0 Å². The molecule has 0 radical (unpaired) electrons. The molecule has 8 heteroatoms. The van der Waals surface area contributed by atoms with Crippen molar-refractivity contribution in [2.75, 3.05) is 25.5 Å². The first kappa shape index (κ1) is 17.5. The third-order valence-electron chi connectivity index (χ3n) is 5.45. The van der Waals surface area contributed by atoms with Gasteiger partial charge in [0.05, 0.1) is 0 Å². The highest BCUT2D eigenvalue weighted by Gasteiger charge is 2.54. The highest BCUT2D eigenvalue weighted by Crippen LogP contribution is 2.42. The Hall–Kier alpha value is -2.90. The van der Waals surface area contributed by atoms with Crippen LogP contribution in [0, 0.1) is 6.92 Å². The second kappa shape index (κ2) is 6.37. The summed E-state index contributed by atoms with van der Waals surface area (Å²) in [6.45, 7) is 4.84. The standard InChI is InChI=1S/C19H24N6O2/c1-5-6-11-24-14-16(22(3)19(27)23(4)17(14)26)25-15(20-21-18(24)25)13-9-7-12(2)8-10-13/h7-10,14,16H,5-6,11H2,1-4H3. The predicted molar refractivity (Wildman–Crippen MR) is 101 cm³/mol. The van der Waals surface area contributed by atoms with Gasteiger partial charge in [0, 0.05) is 26.2 Å². The highest BCUT2D eigenvalue weighted by atomic mass is 16.2. The summed E-state index contributed by atoms with van der Waals surface area (Å²) in [7, 11) is 3.27. The minimum absolute atomic E-state index is 0.195. The summed E-state index contributed by atoms with van der Waals surface area (Å²) in [5.74, 6) is 1.13. The van der Waals surface area contributed by atoms with Crippen molar-refractivity contribution in [3.63, 3.8) is 0 Å². The van der Waals surface area contributed by atoms with Crippen LogP contribution in [0.25, 0.3) is 11.4 Å². The summed E-state index contributed by atoms with van der Waals surface area (Å²) < 4.78 is 1.94. The molecule has 1 saturated heterocycles. The number of aromatic nitrogens is 3. The molecule has 3 amide bonds. The van der Waals surface area contributed by atoms with Crippen LogP contribution in [-0.4, -0.2) is 63.2 Å². The zero-order chi connectivity index (χ0) is 19.3. The molecule has 142 valence electrons. The lowest BCUT2D eigenvalue weighted by molar-refractivity contribution is -0.133. The van der Waals surface area contributed by atoms with E-state index in [1.807, 2.05) is 40.7 Å². The number of amides is 3. The molecule has 1 fully saturated rings. The number of imide groups is 1. The van der Waals surface area contributed by atoms with Crippen LogP contribution in [0.4, 0.5) is 10.7 Å². The van der Waals surface area contributed by atoms with Crippen molar-refractivity contribution in [1.82, 2.24) is 24.6 Å². The molecule has 2 aliphatic rings. The molecule has 27 heavy (non-hydrogen) atoms. The van der Waals surface area contributed by atoms with E-state index in [0.29, 0.717) is 18.3 Å². The van der Waals surface area contributed by atoms with Crippen molar-refractivity contribution in [3.8, 4) is 11.4 Å². The van der Waals surface area contributed by atoms with Crippen LogP contribution in [0.1, 0.15) is 31.5 Å². The van der Waals surface area contributed by atoms with Gasteiger partial charge < -0.3 is 9.80 Å². The Balaban J connectivity index is 1.85. The molecule has 8 nitrogen and oxygen atoms in total. The Kier molecular flexibility index (Phi) is 4.13. The Labute approximate surface area is 158 Å². The highest BCUT2D eigenvalue weighted by molar-refractivity contribution is 6.02. The quantitative estimate of drug-likeness (QED) is 0.828. The van der Waals surface area contributed by atoms with Crippen molar-refractivity contribution in [2.24, 2.45) is 0 Å². The molecule has 1 aromatic heterocycles. The normalized spacial score (nSPS) is 21.7. The maximum absolute atomic E-state index is 13.0. The molecule has 2 aromatic rings. The van der Waals surface area contributed by atoms with Crippen LogP contribution in [0.15, 0.2) is 24.3 Å². The second-order valence-corrected chi connectivity index (χ2v) is 7.26. The first-order chi connectivity index (χ1) is 13.0. The van der Waals surface area contributed by atoms with Crippen molar-refractivity contribution >= 4 is 17.9 Å². The lowest BCUT2D eigenvalue weighted by Gasteiger charge is -2.40. The number of unbranched alkanes of at least 4 members (excludes halogenated alkanes) is 1. The summed E-state index contributed by atoms with van der Waals surface area (Å²) >= 11 is 0. The number of urea groups is 1. The number of hydrogen-bond donors (Lipinski definition) is 0. The van der Waals surface area contributed by atoms with Crippen molar-refractivity contribution in [3.05, 3.63) is 29.8 Å². The lowest BCUT2D eigenvalue weighted by atomic mass is 10.1. The molecule has 2 unspecified atom stereocenters. The van der Waals surface area contributed by atoms with E-state index in [1.54, 1.807) is 11.9 Å². The summed E-state index contributed by atoms with van der Waals surface area (Å²) in [6.07, 6.45) is 1.50. The maximum Gasteiger partial charge on any atom is 0.327 e. The number of anilines is 1. The average Bonchev–Trinajstić information content (AvgIpc) is 3.22. The van der Waals surface area contributed by atoms with E-state index in [0.717, 1.165) is 24.0 Å². The molecular formula is C19H24N6O2. The van der Waals surface area contributed by atoms with Crippen LogP contribution < -0.4 is 4.90 Å². The van der Waals surface area contributed by atoms with Gasteiger partial charge in [-0.1, -0.05) is 43.2 Å². The molecule has 0 aliphatic carbocycles. The molecule has 0 saturated carbocycles. The Bertz CT molecular complexity index is 890. The van der Waals surface area contributed by atoms with E-state index in [4.69, 9.17) is 0 Å². The first-order valence-corrected chi connectivity index (χ1v) is 9.28. The molecule has 2 aliphatic heterocycles. The van der Waals surface area contributed by atoms with Crippen molar-refractivity contribution in [2.45, 2.75) is 38.9 Å². The monoisotopic (exact) mass is 368 g/mol. The number of nitrogens with zero attached hydrogens (tertiary/aromatic N) is 6. The number of likely N-dealkylation sites (N-methyl/N-ethyl adjacent to an activating group) is 2. The molecule has 4 rings (SSSR count). The smallest absolute Gasteiger partial charge is 0.325 e. The Morgan fingerprint density at radius 1 is 1.07 bits per heavy atom. The fourth-order valence-electron chi connectivity index (χ4n) is 3.90. The van der Waals surface area contributed by atoms with Gasteiger partial charge in [0.2, 0.25) is 5.95 Å². The van der Waals surface area contributed by atoms with E-state index in [9.17, 15) is 9.59 Å². The van der Waals surface area contributed by atoms with E-state index in [-0.39, 0.29) is 11.9 Å². The van der Waals surface area contributed by atoms with E-state index < -0.39 is 12.2 Å². The van der Waals surface area contributed by atoms with Crippen LogP contribution in [0.5, 0.6) is 0 Å². The molecule has 0 N–H and O–H groups in total. The van der Waals surface area contributed by atoms with Crippen LogP contribution in [-0.2, 0) is 4.79 Å². The van der Waals surface area contributed by atoms with Gasteiger partial charge in [-0.25, -0.2) is 4.79 Å². The number of benzene rings is 1. The summed E-state index contributed by atoms with van der Waals surface area (Å²) in [5, 5.41) is 8.80. The SMILES string of the molecule is CCCCN1c2nnc(-c3ccc(C)cc3)n2C2C1C(=O)N(C)C(=O)N2C. The van der Waals surface area contributed by atoms with Gasteiger partial charge in [-0.05, 0) is 13.3 Å². The number of rotatable bonds is 4. The molecule has 0 spiro atoms. The summed E-state index contributed by atoms with van der Waals surface area (Å²) in [5.41, 5.74) is 2.08. The fourth-order valence-corrected chi connectivity index (χ4v) is 3.90. The van der Waals surface area contributed by atoms with Gasteiger partial charge in [0.15, 0.2) is 11.9 Å². The molecule has 2 atom stereocenters. The van der Waals surface area contributed by atoms with Crippen molar-refractivity contribution < 1.29 is 9.59 Å². The number of aryl methyl sites for hydroxylation is 1. The van der Waals surface area contributed by atoms with Crippen molar-refractivity contribution in [1.29, 1.82) is 0 Å². The zero-order valence-electron chi connectivity index (χ0n) is 16.1. The summed E-state index contributed by atoms with van der Waals surface area (Å²) in [6, 6.07) is 7.25. The van der Waals surface area contributed by atoms with E-state index in [1.165, 1.54) is 11.9 Å². The van der Waals surface area contributed by atoms with Gasteiger partial charge in [-0.3, -0.25) is 14.3 Å². The van der Waals surface area contributed by atoms with Crippen LogP contribution in [0.3, 0.4) is 0 Å². The second-order valence-electron chi connectivity index (χ2n) is 7.26.